The summed E-state index contributed by atoms with van der Waals surface area (Å²) in [4.78, 5) is 12.5. The third-order valence-corrected chi connectivity index (χ3v) is 10.9. The van der Waals surface area contributed by atoms with Gasteiger partial charge in [0.1, 0.15) is 5.60 Å². The number of methoxy groups -OCH3 is 1. The van der Waals surface area contributed by atoms with Crippen LogP contribution in [0.15, 0.2) is 0 Å². The number of rotatable bonds is 3. The summed E-state index contributed by atoms with van der Waals surface area (Å²) in [5.41, 5.74) is -0.409. The molecule has 0 aromatic rings. The molecule has 0 unspecified atom stereocenters. The van der Waals surface area contributed by atoms with Gasteiger partial charge in [0.25, 0.3) is 0 Å². The second kappa shape index (κ2) is 7.34. The van der Waals surface area contributed by atoms with Gasteiger partial charge in [0.2, 0.25) is 0 Å². The average Bonchev–Trinajstić information content (AvgIpc) is 2.97. The predicted molar refractivity (Wildman–Crippen MR) is 120 cm³/mol. The monoisotopic (exact) mass is 431 g/mol. The molecule has 0 aromatic carbocycles. The van der Waals surface area contributed by atoms with Crippen LogP contribution in [-0.4, -0.2) is 27.0 Å². The zero-order chi connectivity index (χ0) is 21.9. The molecule has 0 bridgehead atoms. The minimum absolute atomic E-state index is 0.0120. The highest BCUT2D eigenvalue weighted by atomic mass is 28.4. The zero-order valence-corrected chi connectivity index (χ0v) is 20.9. The number of nitriles is 1. The molecule has 168 valence electrons. The van der Waals surface area contributed by atoms with Gasteiger partial charge in [-0.15, -0.1) is 0 Å². The standard InChI is InChI=1S/C25H41NO3Si/c1-23-13-7-8-18(22(27)28-3)19(23)10-9-17-20(23)11-14-24(2)21(17)12-15-25(24,16-26)29-30(4,5)6/h17-21H,7-15H2,1-6H3/t17-,18+,19+,20+,21-,23-,24-,25-/m0/s1. The van der Waals surface area contributed by atoms with E-state index < -0.39 is 13.9 Å². The Morgan fingerprint density at radius 3 is 2.30 bits per heavy atom. The smallest absolute Gasteiger partial charge is 0.308 e. The van der Waals surface area contributed by atoms with E-state index in [1.54, 1.807) is 7.11 Å². The summed E-state index contributed by atoms with van der Waals surface area (Å²) < 4.78 is 11.9. The maximum Gasteiger partial charge on any atom is 0.308 e. The zero-order valence-electron chi connectivity index (χ0n) is 19.9. The normalized spacial score (nSPS) is 48.1. The summed E-state index contributed by atoms with van der Waals surface area (Å²) in [7, 11) is -0.279. The predicted octanol–water partition coefficient (Wildman–Crippen LogP) is 5.93. The summed E-state index contributed by atoms with van der Waals surface area (Å²) in [5.74, 6) is 2.47. The molecule has 0 aliphatic heterocycles. The molecular weight excluding hydrogens is 390 g/mol. The van der Waals surface area contributed by atoms with Gasteiger partial charge in [-0.1, -0.05) is 20.3 Å². The lowest BCUT2D eigenvalue weighted by molar-refractivity contribution is -0.168. The quantitative estimate of drug-likeness (QED) is 0.410. The number of ether oxygens (including phenoxy) is 1. The number of nitrogens with zero attached hydrogens (tertiary/aromatic N) is 1. The van der Waals surface area contributed by atoms with Crippen molar-refractivity contribution < 1.29 is 14.0 Å². The Kier molecular flexibility index (Phi) is 5.46. The molecule has 5 heteroatoms. The molecule has 4 nitrogen and oxygen atoms in total. The minimum atomic E-state index is -1.83. The first-order valence-corrected chi connectivity index (χ1v) is 15.6. The Balaban J connectivity index is 1.64. The van der Waals surface area contributed by atoms with Crippen LogP contribution in [0.1, 0.15) is 71.6 Å². The Morgan fingerprint density at radius 2 is 1.67 bits per heavy atom. The number of carbonyl (C=O) groups excluding carboxylic acids is 1. The van der Waals surface area contributed by atoms with Crippen molar-refractivity contribution in [2.24, 2.45) is 40.4 Å². The van der Waals surface area contributed by atoms with Gasteiger partial charge in [0, 0.05) is 5.41 Å². The maximum absolute atomic E-state index is 12.5. The van der Waals surface area contributed by atoms with Crippen LogP contribution in [0.2, 0.25) is 19.6 Å². The molecule has 0 amide bonds. The van der Waals surface area contributed by atoms with Crippen molar-refractivity contribution in [3.05, 3.63) is 0 Å². The Bertz CT molecular complexity index is 742. The van der Waals surface area contributed by atoms with E-state index >= 15 is 0 Å². The molecule has 4 fully saturated rings. The Morgan fingerprint density at radius 1 is 0.967 bits per heavy atom. The van der Waals surface area contributed by atoms with Crippen LogP contribution in [0.4, 0.5) is 0 Å². The molecule has 0 saturated heterocycles. The molecule has 30 heavy (non-hydrogen) atoms. The number of esters is 1. The number of hydrogen-bond acceptors (Lipinski definition) is 4. The van der Waals surface area contributed by atoms with Crippen molar-refractivity contribution in [1.82, 2.24) is 0 Å². The van der Waals surface area contributed by atoms with Gasteiger partial charge >= 0.3 is 5.97 Å². The molecule has 4 rings (SSSR count). The Hall–Kier alpha value is -0.863. The van der Waals surface area contributed by atoms with Crippen molar-refractivity contribution in [2.45, 2.75) is 96.9 Å². The third kappa shape index (κ3) is 3.12. The lowest BCUT2D eigenvalue weighted by atomic mass is 9.43. The van der Waals surface area contributed by atoms with Crippen molar-refractivity contribution in [1.29, 1.82) is 5.26 Å². The van der Waals surface area contributed by atoms with Crippen LogP contribution in [-0.2, 0) is 14.0 Å². The molecule has 0 spiro atoms. The van der Waals surface area contributed by atoms with Crippen molar-refractivity contribution >= 4 is 14.3 Å². The number of fused-ring (bicyclic) bond motifs is 5. The van der Waals surface area contributed by atoms with Crippen LogP contribution in [0.25, 0.3) is 0 Å². The fraction of sp³-hybridized carbons (Fsp3) is 0.920. The van der Waals surface area contributed by atoms with E-state index in [0.29, 0.717) is 23.7 Å². The van der Waals surface area contributed by atoms with E-state index in [1.807, 2.05) is 0 Å². The molecule has 8 atom stereocenters. The Labute approximate surface area is 184 Å². The van der Waals surface area contributed by atoms with E-state index in [2.05, 4.69) is 39.6 Å². The molecule has 4 saturated carbocycles. The SMILES string of the molecule is COC(=O)[C@@H]1CCC[C@]2(C)[C@@H]3CC[C@@]4(C)[C@@H](CC[C@@]4(C#N)O[Si](C)(C)C)[C@H]3CC[C@H]12. The maximum atomic E-state index is 12.5. The van der Waals surface area contributed by atoms with E-state index in [1.165, 1.54) is 19.3 Å². The molecule has 0 N–H and O–H groups in total. The van der Waals surface area contributed by atoms with Crippen molar-refractivity contribution in [3.8, 4) is 6.07 Å². The van der Waals surface area contributed by atoms with E-state index in [4.69, 9.17) is 9.16 Å². The number of carbonyl (C=O) groups is 1. The molecule has 4 aliphatic rings. The molecule has 0 heterocycles. The second-order valence-corrected chi connectivity index (χ2v) is 16.7. The van der Waals surface area contributed by atoms with Crippen molar-refractivity contribution in [2.75, 3.05) is 7.11 Å². The highest BCUT2D eigenvalue weighted by Gasteiger charge is 2.67. The minimum Gasteiger partial charge on any atom is -0.469 e. The first-order valence-electron chi connectivity index (χ1n) is 12.2. The fourth-order valence-electron chi connectivity index (χ4n) is 8.75. The molecule has 4 aliphatic carbocycles. The van der Waals surface area contributed by atoms with Crippen molar-refractivity contribution in [3.63, 3.8) is 0 Å². The van der Waals surface area contributed by atoms with Gasteiger partial charge in [0.05, 0.1) is 19.1 Å². The first-order chi connectivity index (χ1) is 14.0. The topological polar surface area (TPSA) is 59.3 Å². The summed E-state index contributed by atoms with van der Waals surface area (Å²) in [5, 5.41) is 10.3. The van der Waals surface area contributed by atoms with Gasteiger partial charge in [-0.3, -0.25) is 4.79 Å². The summed E-state index contributed by atoms with van der Waals surface area (Å²) >= 11 is 0. The summed E-state index contributed by atoms with van der Waals surface area (Å²) in [6, 6.07) is 2.72. The highest BCUT2D eigenvalue weighted by Crippen LogP contribution is 2.69. The van der Waals surface area contributed by atoms with E-state index in [9.17, 15) is 10.1 Å². The third-order valence-electron chi connectivity index (χ3n) is 9.94. The van der Waals surface area contributed by atoms with Crippen LogP contribution in [0.5, 0.6) is 0 Å². The van der Waals surface area contributed by atoms with Gasteiger partial charge in [-0.2, -0.15) is 5.26 Å². The first kappa shape index (κ1) is 22.3. The summed E-state index contributed by atoms with van der Waals surface area (Å²) in [6.45, 7) is 11.5. The van der Waals surface area contributed by atoms with Gasteiger partial charge in [-0.05, 0) is 100 Å². The second-order valence-electron chi connectivity index (χ2n) is 12.2. The number of hydrogen-bond donors (Lipinski definition) is 0. The van der Waals surface area contributed by atoms with Gasteiger partial charge in [-0.25, -0.2) is 0 Å². The van der Waals surface area contributed by atoms with Gasteiger partial charge in [0.15, 0.2) is 8.32 Å². The molecule has 0 aromatic heterocycles. The van der Waals surface area contributed by atoms with Crippen LogP contribution in [0.3, 0.4) is 0 Å². The largest absolute Gasteiger partial charge is 0.469 e. The van der Waals surface area contributed by atoms with Gasteiger partial charge < -0.3 is 9.16 Å². The van der Waals surface area contributed by atoms with Crippen LogP contribution in [0, 0.1) is 51.8 Å². The van der Waals surface area contributed by atoms with E-state index in [0.717, 1.165) is 38.5 Å². The molecule has 0 radical (unpaired) electrons. The summed E-state index contributed by atoms with van der Waals surface area (Å²) in [6.07, 6.45) is 9.99. The lowest BCUT2D eigenvalue weighted by Crippen LogP contribution is -2.59. The average molecular weight is 432 g/mol. The van der Waals surface area contributed by atoms with Crippen LogP contribution < -0.4 is 0 Å². The van der Waals surface area contributed by atoms with Crippen LogP contribution >= 0.6 is 0 Å². The lowest BCUT2D eigenvalue weighted by Gasteiger charge is -2.62. The fourth-order valence-corrected chi connectivity index (χ4v) is 10.2. The van der Waals surface area contributed by atoms with E-state index in [-0.39, 0.29) is 22.7 Å². The molecular formula is C25H41NO3Si. The highest BCUT2D eigenvalue weighted by molar-refractivity contribution is 6.69.